The standard InChI is InChI=1S/C28H28N2O4S/c1-21-12-15-27(22(2)18-21)30(35(32,33)26-10-4-3-5-11-26)20-28(31)29-16-17-34-25-14-13-23-8-6-7-9-24(23)19-25/h3-15,18-19H,16-17,20H2,1-2H3,(H,29,31). The predicted molar refractivity (Wildman–Crippen MR) is 139 cm³/mol. The molecule has 180 valence electrons. The van der Waals surface area contributed by atoms with E-state index >= 15 is 0 Å². The molecule has 0 heterocycles. The Hall–Kier alpha value is -3.84. The van der Waals surface area contributed by atoms with Crippen LogP contribution in [0.3, 0.4) is 0 Å². The molecule has 4 aromatic carbocycles. The molecule has 0 spiro atoms. The number of hydrogen-bond donors (Lipinski definition) is 1. The second-order valence-electron chi connectivity index (χ2n) is 8.32. The summed E-state index contributed by atoms with van der Waals surface area (Å²) in [5.41, 5.74) is 2.26. The molecule has 0 aliphatic carbocycles. The highest BCUT2D eigenvalue weighted by molar-refractivity contribution is 7.92. The fraction of sp³-hybridized carbons (Fsp3) is 0.179. The van der Waals surface area contributed by atoms with E-state index < -0.39 is 15.9 Å². The van der Waals surface area contributed by atoms with Gasteiger partial charge in [0.05, 0.1) is 17.1 Å². The van der Waals surface area contributed by atoms with Gasteiger partial charge in [0.25, 0.3) is 10.0 Å². The van der Waals surface area contributed by atoms with Gasteiger partial charge in [-0.15, -0.1) is 0 Å². The van der Waals surface area contributed by atoms with Gasteiger partial charge < -0.3 is 10.1 Å². The van der Waals surface area contributed by atoms with Crippen LogP contribution in [0.1, 0.15) is 11.1 Å². The molecule has 35 heavy (non-hydrogen) atoms. The number of nitrogens with one attached hydrogen (secondary N) is 1. The van der Waals surface area contributed by atoms with Gasteiger partial charge in [-0.1, -0.05) is 66.2 Å². The van der Waals surface area contributed by atoms with Gasteiger partial charge in [-0.3, -0.25) is 9.10 Å². The molecule has 0 atom stereocenters. The van der Waals surface area contributed by atoms with Crippen LogP contribution in [0.25, 0.3) is 10.8 Å². The quantitative estimate of drug-likeness (QED) is 0.342. The van der Waals surface area contributed by atoms with Crippen molar-refractivity contribution < 1.29 is 17.9 Å². The van der Waals surface area contributed by atoms with Crippen LogP contribution in [-0.4, -0.2) is 34.0 Å². The normalized spacial score (nSPS) is 11.3. The van der Waals surface area contributed by atoms with Crippen molar-refractivity contribution in [2.24, 2.45) is 0 Å². The molecule has 1 N–H and O–H groups in total. The molecular weight excluding hydrogens is 460 g/mol. The van der Waals surface area contributed by atoms with Crippen molar-refractivity contribution in [3.63, 3.8) is 0 Å². The first-order chi connectivity index (χ1) is 16.8. The van der Waals surface area contributed by atoms with E-state index in [0.717, 1.165) is 26.2 Å². The van der Waals surface area contributed by atoms with Gasteiger partial charge in [0.2, 0.25) is 5.91 Å². The molecule has 0 unspecified atom stereocenters. The summed E-state index contributed by atoms with van der Waals surface area (Å²) in [6.45, 7) is 3.95. The minimum absolute atomic E-state index is 0.132. The zero-order chi connectivity index (χ0) is 24.8. The lowest BCUT2D eigenvalue weighted by Crippen LogP contribution is -2.42. The monoisotopic (exact) mass is 488 g/mol. The van der Waals surface area contributed by atoms with Crippen molar-refractivity contribution in [2.45, 2.75) is 18.7 Å². The molecule has 1 amide bonds. The molecule has 0 aromatic heterocycles. The molecule has 4 aromatic rings. The number of hydrogen-bond acceptors (Lipinski definition) is 4. The first-order valence-corrected chi connectivity index (χ1v) is 12.8. The molecule has 0 saturated carbocycles. The minimum Gasteiger partial charge on any atom is -0.492 e. The largest absolute Gasteiger partial charge is 0.492 e. The summed E-state index contributed by atoms with van der Waals surface area (Å²) in [6, 6.07) is 27.4. The highest BCUT2D eigenvalue weighted by Crippen LogP contribution is 2.27. The first kappa shape index (κ1) is 24.3. The summed E-state index contributed by atoms with van der Waals surface area (Å²) in [4.78, 5) is 12.9. The van der Waals surface area contributed by atoms with Crippen molar-refractivity contribution in [2.75, 3.05) is 24.0 Å². The Balaban J connectivity index is 1.44. The average Bonchev–Trinajstić information content (AvgIpc) is 2.86. The SMILES string of the molecule is Cc1ccc(N(CC(=O)NCCOc2ccc3ccccc3c2)S(=O)(=O)c2ccccc2)c(C)c1. The van der Waals surface area contributed by atoms with Gasteiger partial charge in [-0.05, 0) is 60.5 Å². The molecule has 7 heteroatoms. The predicted octanol–water partition coefficient (Wildman–Crippen LogP) is 4.85. The number of amides is 1. The second kappa shape index (κ2) is 10.6. The van der Waals surface area contributed by atoms with Gasteiger partial charge in [0.1, 0.15) is 18.9 Å². The maximum atomic E-state index is 13.4. The smallest absolute Gasteiger partial charge is 0.264 e. The molecule has 0 fully saturated rings. The zero-order valence-electron chi connectivity index (χ0n) is 19.8. The molecule has 0 saturated heterocycles. The van der Waals surface area contributed by atoms with Crippen LogP contribution in [0, 0.1) is 13.8 Å². The molecule has 6 nitrogen and oxygen atoms in total. The summed E-state index contributed by atoms with van der Waals surface area (Å²) in [6.07, 6.45) is 0. The number of nitrogens with zero attached hydrogens (tertiary/aromatic N) is 1. The molecule has 0 bridgehead atoms. The topological polar surface area (TPSA) is 75.7 Å². The van der Waals surface area contributed by atoms with E-state index in [0.29, 0.717) is 11.4 Å². The molecule has 0 aliphatic heterocycles. The van der Waals surface area contributed by atoms with E-state index in [-0.39, 0.29) is 24.6 Å². The maximum Gasteiger partial charge on any atom is 0.264 e. The number of ether oxygens (including phenoxy) is 1. The van der Waals surface area contributed by atoms with Crippen molar-refractivity contribution in [3.05, 3.63) is 102 Å². The van der Waals surface area contributed by atoms with E-state index in [4.69, 9.17) is 4.74 Å². The lowest BCUT2D eigenvalue weighted by molar-refractivity contribution is -0.119. The fourth-order valence-electron chi connectivity index (χ4n) is 3.91. The Morgan fingerprint density at radius 3 is 2.31 bits per heavy atom. The summed E-state index contributed by atoms with van der Waals surface area (Å²) in [5.74, 6) is 0.299. The van der Waals surface area contributed by atoms with Gasteiger partial charge in [-0.2, -0.15) is 0 Å². The maximum absolute atomic E-state index is 13.4. The molecule has 0 aliphatic rings. The number of carbonyl (C=O) groups excluding carboxylic acids is 1. The van der Waals surface area contributed by atoms with Crippen molar-refractivity contribution in [1.82, 2.24) is 5.32 Å². The third kappa shape index (κ3) is 5.81. The number of sulfonamides is 1. The van der Waals surface area contributed by atoms with Crippen molar-refractivity contribution in [1.29, 1.82) is 0 Å². The highest BCUT2D eigenvalue weighted by atomic mass is 32.2. The lowest BCUT2D eigenvalue weighted by Gasteiger charge is -2.26. The van der Waals surface area contributed by atoms with Crippen LogP contribution in [0.4, 0.5) is 5.69 Å². The molecule has 0 radical (unpaired) electrons. The Morgan fingerprint density at radius 2 is 1.57 bits per heavy atom. The van der Waals surface area contributed by atoms with Crippen molar-refractivity contribution >= 4 is 32.4 Å². The van der Waals surface area contributed by atoms with Crippen LogP contribution in [0.2, 0.25) is 0 Å². The second-order valence-corrected chi connectivity index (χ2v) is 10.2. The van der Waals surface area contributed by atoms with E-state index in [9.17, 15) is 13.2 Å². The van der Waals surface area contributed by atoms with Crippen LogP contribution in [0.15, 0.2) is 95.9 Å². The third-order valence-corrected chi connectivity index (χ3v) is 7.43. The van der Waals surface area contributed by atoms with Gasteiger partial charge in [0.15, 0.2) is 0 Å². The number of anilines is 1. The van der Waals surface area contributed by atoms with E-state index in [1.807, 2.05) is 68.4 Å². The Kier molecular flexibility index (Phi) is 7.36. The van der Waals surface area contributed by atoms with Crippen LogP contribution >= 0.6 is 0 Å². The van der Waals surface area contributed by atoms with Gasteiger partial charge in [-0.25, -0.2) is 8.42 Å². The Labute approximate surface area is 206 Å². The van der Waals surface area contributed by atoms with Crippen LogP contribution < -0.4 is 14.4 Å². The number of aryl methyl sites for hydroxylation is 2. The number of fused-ring (bicyclic) bond motifs is 1. The first-order valence-electron chi connectivity index (χ1n) is 11.4. The average molecular weight is 489 g/mol. The fourth-order valence-corrected chi connectivity index (χ4v) is 5.41. The number of carbonyl (C=O) groups is 1. The molecule has 4 rings (SSSR count). The molecular formula is C28H28N2O4S. The Morgan fingerprint density at radius 1 is 0.857 bits per heavy atom. The van der Waals surface area contributed by atoms with E-state index in [1.54, 1.807) is 24.3 Å². The highest BCUT2D eigenvalue weighted by Gasteiger charge is 2.28. The number of rotatable bonds is 9. The van der Waals surface area contributed by atoms with E-state index in [1.165, 1.54) is 12.1 Å². The summed E-state index contributed by atoms with van der Waals surface area (Å²) in [7, 11) is -3.94. The van der Waals surface area contributed by atoms with Gasteiger partial charge >= 0.3 is 0 Å². The van der Waals surface area contributed by atoms with Gasteiger partial charge in [0, 0.05) is 0 Å². The zero-order valence-corrected chi connectivity index (χ0v) is 20.6. The summed E-state index contributed by atoms with van der Waals surface area (Å²) >= 11 is 0. The lowest BCUT2D eigenvalue weighted by atomic mass is 10.1. The third-order valence-electron chi connectivity index (χ3n) is 5.65. The van der Waals surface area contributed by atoms with Crippen LogP contribution in [0.5, 0.6) is 5.75 Å². The number of benzene rings is 4. The summed E-state index contributed by atoms with van der Waals surface area (Å²) < 4.78 is 33.8. The minimum atomic E-state index is -3.94. The van der Waals surface area contributed by atoms with Crippen LogP contribution in [-0.2, 0) is 14.8 Å². The Bertz CT molecular complexity index is 1440. The van der Waals surface area contributed by atoms with E-state index in [2.05, 4.69) is 5.32 Å². The summed E-state index contributed by atoms with van der Waals surface area (Å²) in [5, 5.41) is 4.97. The van der Waals surface area contributed by atoms with Crippen molar-refractivity contribution in [3.8, 4) is 5.75 Å².